The van der Waals surface area contributed by atoms with Crippen LogP contribution >= 0.6 is 494 Å². The summed E-state index contributed by atoms with van der Waals surface area (Å²) in [4.78, 5) is 0.563. The smallest absolute Gasteiger partial charge is 0.0785 e. The predicted molar refractivity (Wildman–Crippen MR) is 321 cm³/mol. The average Bonchev–Trinajstić information content (AvgIpc) is 2.85. The molecule has 1 fully saturated rings. The van der Waals surface area contributed by atoms with Gasteiger partial charge in [-0.25, -0.2) is 0 Å². The molecule has 0 amide bonds. The Kier molecular flexibility index (Phi) is 23.9. The van der Waals surface area contributed by atoms with E-state index in [0.29, 0.717) is 4.83 Å². The maximum absolute atomic E-state index is 4.01. The summed E-state index contributed by atoms with van der Waals surface area (Å²) in [5.74, 6) is 0. The molecule has 0 aromatic rings. The van der Waals surface area contributed by atoms with E-state index in [2.05, 4.69) is 494 Å². The number of hydrogen-bond donors (Lipinski definition) is 0. The van der Waals surface area contributed by atoms with Gasteiger partial charge in [0.1, 0.15) is 53.3 Å². The van der Waals surface area contributed by atoms with Crippen LogP contribution < -0.4 is 0 Å². The third kappa shape index (κ3) is 9.03. The van der Waals surface area contributed by atoms with Crippen molar-refractivity contribution in [2.45, 2.75) is 48.5 Å². The van der Waals surface area contributed by atoms with Crippen molar-refractivity contribution in [3.05, 3.63) is 4.83 Å². The van der Waals surface area contributed by atoms with Crippen LogP contribution in [-0.2, 0) is 0 Å². The Labute approximate surface area is 533 Å². The maximum atomic E-state index is 4.01. The van der Waals surface area contributed by atoms with E-state index in [1.54, 1.807) is 0 Å². The molecule has 0 unspecified atom stereocenters. The van der Waals surface area contributed by atoms with Crippen molar-refractivity contribution < 1.29 is 0 Å². The van der Waals surface area contributed by atoms with E-state index in [9.17, 15) is 0 Å². The fourth-order valence-corrected chi connectivity index (χ4v) is 37.0. The number of halogens is 31. The van der Waals surface area contributed by atoms with Crippen LogP contribution in [0.3, 0.4) is 0 Å². The van der Waals surface area contributed by atoms with Crippen LogP contribution in [-0.4, -0.2) is 48.5 Å². The van der Waals surface area contributed by atoms with E-state index in [0.717, 1.165) is 0 Å². The fraction of sp³-hybridized carbons (Fsp3) is 0.938. The SMILES string of the molecule is Br[C]1C(Br)(Br)C(Br)(Br)C(Br)(Br)C(Br)(Br)C(Br)(Br)C(Br)(Br)C(Br)(Br)C(Br)(Br)C(Br)(Br)C(Br)(Br)C(Br)(Br)C(Br)(Br)C(Br)(Br)C(Br)(Br)C1(Br)Br. The van der Waals surface area contributed by atoms with E-state index in [1.807, 2.05) is 0 Å². The van der Waals surface area contributed by atoms with Crippen LogP contribution in [0.2, 0.25) is 0 Å². The first-order valence-corrected chi connectivity index (χ1v) is 34.4. The van der Waals surface area contributed by atoms with Gasteiger partial charge in [0.05, 0.1) is 0 Å². The lowest BCUT2D eigenvalue weighted by Crippen LogP contribution is -2.74. The van der Waals surface area contributed by atoms with Gasteiger partial charge in [0.15, 0.2) is 0 Å². The monoisotopic (exact) mass is 2640 g/mol. The standard InChI is InChI=1S/C16Br31/c17-1-2(18,19)4(22,23)6(26,27)8(30,31)10(34,35)12(38,39)14(42,43)16(46,47)15(44,45)13(40,41)11(36,37)9(32,33)7(28,29)5(24,25)3(1,20)21. The number of hydrogen-bond acceptors (Lipinski definition) is 0. The number of rotatable bonds is 0. The predicted octanol–water partition coefficient (Wildman–Crippen LogP) is 23.2. The van der Waals surface area contributed by atoms with Crippen molar-refractivity contribution in [3.63, 3.8) is 0 Å². The minimum atomic E-state index is -1.26. The average molecular weight is 2670 g/mol. The zero-order chi connectivity index (χ0) is 39.1. The molecule has 0 aromatic carbocycles. The molecule has 31 heteroatoms. The minimum Gasteiger partial charge on any atom is -0.0785 e. The molecule has 0 aromatic heterocycles. The topological polar surface area (TPSA) is 0 Å². The molecule has 1 rings (SSSR count). The summed E-state index contributed by atoms with van der Waals surface area (Å²) in [7, 11) is 0. The van der Waals surface area contributed by atoms with Crippen LogP contribution in [0.1, 0.15) is 0 Å². The molecule has 1 saturated carbocycles. The third-order valence-electron chi connectivity index (χ3n) is 6.07. The molecule has 281 valence electrons. The van der Waals surface area contributed by atoms with Crippen molar-refractivity contribution in [2.24, 2.45) is 0 Å². The molecular formula is C16Br31. The van der Waals surface area contributed by atoms with Crippen LogP contribution in [0.5, 0.6) is 0 Å². The molecule has 0 saturated heterocycles. The molecule has 0 atom stereocenters. The van der Waals surface area contributed by atoms with E-state index >= 15 is 0 Å². The van der Waals surface area contributed by atoms with Crippen molar-refractivity contribution in [1.82, 2.24) is 0 Å². The Bertz CT molecular complexity index is 1110. The van der Waals surface area contributed by atoms with Crippen molar-refractivity contribution in [3.8, 4) is 0 Å². The second-order valence-electron chi connectivity index (χ2n) is 8.93. The molecular weight excluding hydrogens is 2670 g/mol. The van der Waals surface area contributed by atoms with Crippen LogP contribution in [0, 0.1) is 4.83 Å². The van der Waals surface area contributed by atoms with Gasteiger partial charge in [-0.15, -0.1) is 0 Å². The Balaban J connectivity index is 4.75. The van der Waals surface area contributed by atoms with Crippen LogP contribution in [0.25, 0.3) is 0 Å². The Morgan fingerprint density at radius 3 is 0.362 bits per heavy atom. The van der Waals surface area contributed by atoms with Gasteiger partial charge in [0.25, 0.3) is 0 Å². The summed E-state index contributed by atoms with van der Waals surface area (Å²) in [6, 6.07) is 0. The molecule has 1 aliphatic rings. The van der Waals surface area contributed by atoms with Crippen LogP contribution in [0.15, 0.2) is 0 Å². The van der Waals surface area contributed by atoms with Crippen molar-refractivity contribution in [1.29, 1.82) is 0 Å². The minimum absolute atomic E-state index is 0.563. The highest BCUT2D eigenvalue weighted by Gasteiger charge is 2.85. The lowest BCUT2D eigenvalue weighted by molar-refractivity contribution is 0.515. The van der Waals surface area contributed by atoms with Gasteiger partial charge < -0.3 is 0 Å². The van der Waals surface area contributed by atoms with Gasteiger partial charge in [-0.3, -0.25) is 0 Å². The van der Waals surface area contributed by atoms with Crippen molar-refractivity contribution >= 4 is 494 Å². The second kappa shape index (κ2) is 18.8. The molecule has 0 aliphatic heterocycles. The quantitative estimate of drug-likeness (QED) is 0.212. The van der Waals surface area contributed by atoms with E-state index in [1.165, 1.54) is 0 Å². The van der Waals surface area contributed by atoms with Crippen LogP contribution in [0.4, 0.5) is 0 Å². The molecule has 47 heavy (non-hydrogen) atoms. The number of alkyl halides is 30. The summed E-state index contributed by atoms with van der Waals surface area (Å²) in [5.41, 5.74) is 0. The molecule has 0 heterocycles. The first kappa shape index (κ1) is 59.9. The summed E-state index contributed by atoms with van der Waals surface area (Å²) in [6.45, 7) is 0. The first-order chi connectivity index (χ1) is 19.7. The van der Waals surface area contributed by atoms with E-state index in [4.69, 9.17) is 0 Å². The van der Waals surface area contributed by atoms with Gasteiger partial charge >= 0.3 is 0 Å². The zero-order valence-corrected chi connectivity index (χ0v) is 68.9. The van der Waals surface area contributed by atoms with Gasteiger partial charge in [-0.05, 0) is 0 Å². The summed E-state index contributed by atoms with van der Waals surface area (Å²) in [5, 5.41) is 0. The maximum Gasteiger partial charge on any atom is 0.135 e. The first-order valence-electron chi connectivity index (χ1n) is 9.86. The molecule has 1 radical (unpaired) electrons. The lowest BCUT2D eigenvalue weighted by atomic mass is 9.98. The van der Waals surface area contributed by atoms with Crippen molar-refractivity contribution in [2.75, 3.05) is 0 Å². The summed E-state index contributed by atoms with van der Waals surface area (Å²) >= 11 is 124. The molecule has 0 bridgehead atoms. The third-order valence-corrected chi connectivity index (χ3v) is 74.1. The van der Waals surface area contributed by atoms with Gasteiger partial charge in [-0.2, -0.15) is 0 Å². The normalized spacial score (nSPS) is 33.8. The highest BCUT2D eigenvalue weighted by atomic mass is 80.0. The van der Waals surface area contributed by atoms with Gasteiger partial charge in [-0.1, -0.05) is 494 Å². The molecule has 0 spiro atoms. The van der Waals surface area contributed by atoms with Gasteiger partial charge in [0.2, 0.25) is 0 Å². The molecule has 0 N–H and O–H groups in total. The van der Waals surface area contributed by atoms with E-state index < -0.39 is 48.5 Å². The molecule has 0 nitrogen and oxygen atoms in total. The highest BCUT2D eigenvalue weighted by molar-refractivity contribution is 9.39. The largest absolute Gasteiger partial charge is 0.135 e. The summed E-state index contributed by atoms with van der Waals surface area (Å²) in [6.07, 6.45) is 0. The Morgan fingerprint density at radius 1 is 0.170 bits per heavy atom. The second-order valence-corrected chi connectivity index (χ2v) is 61.4. The Hall–Kier alpha value is 14.9. The van der Waals surface area contributed by atoms with E-state index in [-0.39, 0.29) is 0 Å². The highest BCUT2D eigenvalue weighted by Crippen LogP contribution is 2.84. The molecule has 1 aliphatic carbocycles. The lowest BCUT2D eigenvalue weighted by Gasteiger charge is -2.63. The summed E-state index contributed by atoms with van der Waals surface area (Å²) < 4.78 is -18.6. The zero-order valence-electron chi connectivity index (χ0n) is 19.7. The van der Waals surface area contributed by atoms with Gasteiger partial charge in [0, 0.05) is 0 Å². The Morgan fingerprint density at radius 2 is 0.255 bits per heavy atom. The fourth-order valence-electron chi connectivity index (χ4n) is 3.04.